The standard InChI is InChI=1S/C44H40O5/c45-38(25-36-33-21-11-27(12-22-34(33)36)23-26-7-3-1-4-8-26)31-17-15-30(16-18-31)35-24-37-39(42(47)44(49)43(48)40(37)41(35)46)32-19-13-29(14-20-32)28-9-5-2-6-10-28/h1-10,13-20,24,27,33-34,36,41,46-49H,11-12,21-23,25H2. The number of carbonyl (C=O) groups is 1. The van der Waals surface area contributed by atoms with E-state index in [2.05, 4.69) is 30.3 Å². The maximum absolute atomic E-state index is 13.4. The lowest BCUT2D eigenvalue weighted by Gasteiger charge is -2.17. The molecule has 0 radical (unpaired) electrons. The van der Waals surface area contributed by atoms with E-state index in [0.29, 0.717) is 57.6 Å². The van der Waals surface area contributed by atoms with E-state index in [1.54, 1.807) is 6.08 Å². The third-order valence-electron chi connectivity index (χ3n) is 11.3. The molecular formula is C44H40O5. The zero-order valence-corrected chi connectivity index (χ0v) is 27.3. The summed E-state index contributed by atoms with van der Waals surface area (Å²) in [4.78, 5) is 13.4. The Balaban J connectivity index is 0.973. The number of aromatic hydroxyl groups is 3. The summed E-state index contributed by atoms with van der Waals surface area (Å²) in [7, 11) is 0. The maximum Gasteiger partial charge on any atom is 0.201 e. The summed E-state index contributed by atoms with van der Waals surface area (Å²) in [5, 5.41) is 44.0. The van der Waals surface area contributed by atoms with Gasteiger partial charge in [0.15, 0.2) is 17.3 Å². The molecule has 5 aromatic rings. The van der Waals surface area contributed by atoms with Gasteiger partial charge in [0.2, 0.25) is 5.75 Å². The number of hydrogen-bond donors (Lipinski definition) is 4. The van der Waals surface area contributed by atoms with E-state index in [9.17, 15) is 25.2 Å². The van der Waals surface area contributed by atoms with Crippen LogP contribution in [0.15, 0.2) is 109 Å². The molecule has 3 unspecified atom stereocenters. The Bertz CT molecular complexity index is 2020. The lowest BCUT2D eigenvalue weighted by atomic mass is 9.90. The second-order valence-electron chi connectivity index (χ2n) is 14.1. The van der Waals surface area contributed by atoms with Crippen LogP contribution in [0.2, 0.25) is 0 Å². The minimum absolute atomic E-state index is 0.144. The molecule has 0 heterocycles. The monoisotopic (exact) mass is 648 g/mol. The Morgan fingerprint density at radius 3 is 1.84 bits per heavy atom. The lowest BCUT2D eigenvalue weighted by molar-refractivity contribution is 0.0971. The van der Waals surface area contributed by atoms with Crippen molar-refractivity contribution in [3.63, 3.8) is 0 Å². The highest BCUT2D eigenvalue weighted by Crippen LogP contribution is 2.58. The molecule has 0 amide bonds. The van der Waals surface area contributed by atoms with Crippen molar-refractivity contribution in [2.75, 3.05) is 0 Å². The molecule has 5 heteroatoms. The van der Waals surface area contributed by atoms with Crippen molar-refractivity contribution in [1.82, 2.24) is 0 Å². The van der Waals surface area contributed by atoms with Crippen LogP contribution < -0.4 is 0 Å². The van der Waals surface area contributed by atoms with Crippen molar-refractivity contribution in [2.24, 2.45) is 23.7 Å². The summed E-state index contributed by atoms with van der Waals surface area (Å²) in [6.45, 7) is 0. The van der Waals surface area contributed by atoms with Crippen LogP contribution in [0.1, 0.15) is 70.8 Å². The zero-order chi connectivity index (χ0) is 33.6. The number of ketones is 1. The van der Waals surface area contributed by atoms with Gasteiger partial charge in [-0.1, -0.05) is 109 Å². The van der Waals surface area contributed by atoms with Gasteiger partial charge in [-0.2, -0.15) is 0 Å². The Hall–Kier alpha value is -5.13. The Labute approximate surface area is 286 Å². The number of phenolic OH excluding ortho intramolecular Hbond substituents is 3. The van der Waals surface area contributed by atoms with Gasteiger partial charge in [-0.3, -0.25) is 4.79 Å². The number of Topliss-reactive ketones (excluding diaryl/α,β-unsaturated/α-hetero) is 1. The molecule has 0 spiro atoms. The quantitative estimate of drug-likeness (QED) is 0.0992. The highest BCUT2D eigenvalue weighted by atomic mass is 16.3. The number of rotatable bonds is 8. The molecular weight excluding hydrogens is 608 g/mol. The second kappa shape index (κ2) is 12.7. The zero-order valence-electron chi connectivity index (χ0n) is 27.3. The Kier molecular flexibility index (Phi) is 8.09. The molecule has 3 atom stereocenters. The number of benzene rings is 5. The smallest absolute Gasteiger partial charge is 0.201 e. The van der Waals surface area contributed by atoms with E-state index >= 15 is 0 Å². The molecule has 2 saturated carbocycles. The predicted octanol–water partition coefficient (Wildman–Crippen LogP) is 9.59. The molecule has 8 rings (SSSR count). The van der Waals surface area contributed by atoms with E-state index < -0.39 is 23.4 Å². The van der Waals surface area contributed by atoms with Crippen LogP contribution in [0.3, 0.4) is 0 Å². The van der Waals surface area contributed by atoms with Crippen LogP contribution in [-0.4, -0.2) is 26.2 Å². The third-order valence-corrected chi connectivity index (χ3v) is 11.3. The van der Waals surface area contributed by atoms with Crippen molar-refractivity contribution in [1.29, 1.82) is 0 Å². The molecule has 5 aromatic carbocycles. The second-order valence-corrected chi connectivity index (χ2v) is 14.1. The van der Waals surface area contributed by atoms with Crippen LogP contribution >= 0.6 is 0 Å². The van der Waals surface area contributed by atoms with Crippen LogP contribution in [0.25, 0.3) is 33.9 Å². The van der Waals surface area contributed by atoms with Crippen molar-refractivity contribution >= 4 is 17.4 Å². The first-order valence-electron chi connectivity index (χ1n) is 17.4. The van der Waals surface area contributed by atoms with Gasteiger partial charge in [0.05, 0.1) is 0 Å². The SMILES string of the molecule is O=C(CC1C2CCC(Cc3ccccc3)CCC21)c1ccc(C2=Cc3c(-c4ccc(-c5ccccc5)cc4)c(O)c(O)c(O)c3C2O)cc1. The first-order chi connectivity index (χ1) is 23.9. The summed E-state index contributed by atoms with van der Waals surface area (Å²) in [5.74, 6) is 1.02. The van der Waals surface area contributed by atoms with Crippen molar-refractivity contribution in [2.45, 2.75) is 44.6 Å². The molecule has 4 N–H and O–H groups in total. The van der Waals surface area contributed by atoms with E-state index in [0.717, 1.165) is 23.5 Å². The summed E-state index contributed by atoms with van der Waals surface area (Å²) >= 11 is 0. The maximum atomic E-state index is 13.4. The summed E-state index contributed by atoms with van der Waals surface area (Å²) in [6, 6.07) is 35.6. The molecule has 2 fully saturated rings. The van der Waals surface area contributed by atoms with E-state index in [4.69, 9.17) is 0 Å². The van der Waals surface area contributed by atoms with Gasteiger partial charge in [-0.15, -0.1) is 0 Å². The highest BCUT2D eigenvalue weighted by Gasteiger charge is 2.50. The first-order valence-corrected chi connectivity index (χ1v) is 17.4. The molecule has 0 aromatic heterocycles. The van der Waals surface area contributed by atoms with Gasteiger partial charge in [0, 0.05) is 23.1 Å². The number of aliphatic hydroxyl groups is 1. The number of phenols is 3. The Morgan fingerprint density at radius 1 is 0.612 bits per heavy atom. The molecule has 5 nitrogen and oxygen atoms in total. The van der Waals surface area contributed by atoms with Gasteiger partial charge < -0.3 is 20.4 Å². The summed E-state index contributed by atoms with van der Waals surface area (Å²) in [6.07, 6.45) is 7.15. The van der Waals surface area contributed by atoms with Crippen molar-refractivity contribution in [3.8, 4) is 39.5 Å². The average Bonchev–Trinajstić information content (AvgIpc) is 3.75. The topological polar surface area (TPSA) is 98.0 Å². The fraction of sp³-hybridized carbons (Fsp3) is 0.250. The van der Waals surface area contributed by atoms with Crippen LogP contribution in [0.5, 0.6) is 17.2 Å². The largest absolute Gasteiger partial charge is 0.504 e. The van der Waals surface area contributed by atoms with Gasteiger partial charge >= 0.3 is 0 Å². The number of carbonyl (C=O) groups excluding carboxylic acids is 1. The van der Waals surface area contributed by atoms with Crippen LogP contribution in [0, 0.1) is 23.7 Å². The predicted molar refractivity (Wildman–Crippen MR) is 193 cm³/mol. The van der Waals surface area contributed by atoms with Gasteiger partial charge in [-0.05, 0) is 101 Å². The molecule has 3 aliphatic rings. The van der Waals surface area contributed by atoms with Gasteiger partial charge in [-0.25, -0.2) is 0 Å². The minimum atomic E-state index is -1.23. The van der Waals surface area contributed by atoms with Crippen LogP contribution in [0.4, 0.5) is 0 Å². The molecule has 0 aliphatic heterocycles. The molecule has 246 valence electrons. The van der Waals surface area contributed by atoms with Crippen molar-refractivity contribution in [3.05, 3.63) is 137 Å². The van der Waals surface area contributed by atoms with Crippen molar-refractivity contribution < 1.29 is 25.2 Å². The molecule has 0 bridgehead atoms. The van der Waals surface area contributed by atoms with Crippen LogP contribution in [-0.2, 0) is 6.42 Å². The normalized spacial score (nSPS) is 22.5. The lowest BCUT2D eigenvalue weighted by Crippen LogP contribution is -2.07. The fourth-order valence-corrected chi connectivity index (χ4v) is 8.57. The number of fused-ring (bicyclic) bond motifs is 2. The minimum Gasteiger partial charge on any atom is -0.504 e. The van der Waals surface area contributed by atoms with E-state index in [-0.39, 0.29) is 11.3 Å². The average molecular weight is 649 g/mol. The van der Waals surface area contributed by atoms with E-state index in [1.165, 1.54) is 31.2 Å². The molecule has 0 saturated heterocycles. The number of hydrogen-bond acceptors (Lipinski definition) is 5. The van der Waals surface area contributed by atoms with Gasteiger partial charge in [0.1, 0.15) is 6.10 Å². The summed E-state index contributed by atoms with van der Waals surface area (Å²) < 4.78 is 0. The Morgan fingerprint density at radius 2 is 1.18 bits per heavy atom. The summed E-state index contributed by atoms with van der Waals surface area (Å²) in [5.41, 5.74) is 6.91. The fourth-order valence-electron chi connectivity index (χ4n) is 8.57. The molecule has 49 heavy (non-hydrogen) atoms. The van der Waals surface area contributed by atoms with Gasteiger partial charge in [0.25, 0.3) is 0 Å². The van der Waals surface area contributed by atoms with E-state index in [1.807, 2.05) is 78.9 Å². The highest BCUT2D eigenvalue weighted by molar-refractivity contribution is 6.01. The first kappa shape index (κ1) is 31.2. The number of aliphatic hydroxyl groups excluding tert-OH is 1. The molecule has 3 aliphatic carbocycles. The third kappa shape index (κ3) is 5.83.